The Morgan fingerprint density at radius 1 is 1.42 bits per heavy atom. The zero-order valence-corrected chi connectivity index (χ0v) is 11.0. The topological polar surface area (TPSA) is 59.4 Å². The summed E-state index contributed by atoms with van der Waals surface area (Å²) in [6.07, 6.45) is 1.44. The van der Waals surface area contributed by atoms with E-state index in [2.05, 4.69) is 4.98 Å². The summed E-state index contributed by atoms with van der Waals surface area (Å²) in [5, 5.41) is 9.60. The van der Waals surface area contributed by atoms with Crippen molar-refractivity contribution in [2.75, 3.05) is 0 Å². The lowest BCUT2D eigenvalue weighted by Crippen LogP contribution is -2.08. The lowest BCUT2D eigenvalue weighted by atomic mass is 10.2. The zero-order chi connectivity index (χ0) is 13.8. The van der Waals surface area contributed by atoms with Crippen molar-refractivity contribution in [1.82, 2.24) is 4.98 Å². The van der Waals surface area contributed by atoms with E-state index in [-0.39, 0.29) is 12.3 Å². The first-order valence-electron chi connectivity index (χ1n) is 5.64. The predicted molar refractivity (Wildman–Crippen MR) is 71.7 cm³/mol. The molecule has 0 fully saturated rings. The lowest BCUT2D eigenvalue weighted by Gasteiger charge is -2.10. The minimum absolute atomic E-state index is 0.00202. The normalized spacial score (nSPS) is 10.2. The maximum Gasteiger partial charge on any atom is 0.354 e. The Morgan fingerprint density at radius 3 is 2.95 bits per heavy atom. The van der Waals surface area contributed by atoms with Gasteiger partial charge in [-0.05, 0) is 30.7 Å². The second-order valence-electron chi connectivity index (χ2n) is 4.01. The van der Waals surface area contributed by atoms with Crippen molar-refractivity contribution in [2.45, 2.75) is 13.5 Å². The van der Waals surface area contributed by atoms with Gasteiger partial charge in [0.25, 0.3) is 0 Å². The van der Waals surface area contributed by atoms with Gasteiger partial charge in [0.05, 0.1) is 0 Å². The molecule has 0 aliphatic heterocycles. The van der Waals surface area contributed by atoms with Crippen LogP contribution in [0, 0.1) is 6.92 Å². The molecule has 1 heterocycles. The Hall–Kier alpha value is -2.07. The Labute approximate surface area is 115 Å². The van der Waals surface area contributed by atoms with Crippen molar-refractivity contribution < 1.29 is 14.6 Å². The number of rotatable bonds is 4. The molecule has 0 saturated carbocycles. The number of ether oxygens (including phenoxy) is 1. The summed E-state index contributed by atoms with van der Waals surface area (Å²) in [6.45, 7) is 2.03. The van der Waals surface area contributed by atoms with Gasteiger partial charge in [-0.2, -0.15) is 0 Å². The number of hydrogen-bond donors (Lipinski definition) is 1. The number of nitrogens with zero attached hydrogens (tertiary/aromatic N) is 1. The van der Waals surface area contributed by atoms with Crippen LogP contribution in [-0.2, 0) is 6.61 Å². The van der Waals surface area contributed by atoms with E-state index in [1.165, 1.54) is 6.20 Å². The molecule has 0 amide bonds. The van der Waals surface area contributed by atoms with Gasteiger partial charge in [0, 0.05) is 16.8 Å². The van der Waals surface area contributed by atoms with E-state index in [1.54, 1.807) is 24.3 Å². The largest absolute Gasteiger partial charge is 0.488 e. The third kappa shape index (κ3) is 3.23. The van der Waals surface area contributed by atoms with Gasteiger partial charge in [0.2, 0.25) is 0 Å². The number of aromatic carboxylic acids is 1. The highest BCUT2D eigenvalue weighted by atomic mass is 35.5. The van der Waals surface area contributed by atoms with Crippen molar-refractivity contribution in [3.8, 4) is 5.75 Å². The summed E-state index contributed by atoms with van der Waals surface area (Å²) in [4.78, 5) is 14.8. The molecule has 2 aromatic rings. The summed E-state index contributed by atoms with van der Waals surface area (Å²) in [5.74, 6) is -0.435. The number of carboxylic acid groups (broad SMARTS) is 1. The van der Waals surface area contributed by atoms with Gasteiger partial charge in [-0.3, -0.25) is 0 Å². The molecule has 19 heavy (non-hydrogen) atoms. The van der Waals surface area contributed by atoms with Crippen molar-refractivity contribution in [3.63, 3.8) is 0 Å². The van der Waals surface area contributed by atoms with Gasteiger partial charge in [0.15, 0.2) is 5.69 Å². The van der Waals surface area contributed by atoms with Crippen LogP contribution in [-0.4, -0.2) is 16.1 Å². The van der Waals surface area contributed by atoms with Crippen LogP contribution in [0.15, 0.2) is 36.5 Å². The van der Waals surface area contributed by atoms with E-state index in [0.717, 1.165) is 5.56 Å². The summed E-state index contributed by atoms with van der Waals surface area (Å²) in [5.41, 5.74) is 1.46. The van der Waals surface area contributed by atoms with E-state index in [9.17, 15) is 4.79 Å². The SMILES string of the molecule is Cc1ccc(Cl)cc1OCc1cccnc1C(=O)O. The molecule has 0 saturated heterocycles. The minimum atomic E-state index is -1.07. The number of aryl methyl sites for hydroxylation is 1. The van der Waals surface area contributed by atoms with Crippen LogP contribution in [0.1, 0.15) is 21.6 Å². The van der Waals surface area contributed by atoms with Gasteiger partial charge in [-0.25, -0.2) is 9.78 Å². The maximum absolute atomic E-state index is 11.0. The van der Waals surface area contributed by atoms with Gasteiger partial charge < -0.3 is 9.84 Å². The Morgan fingerprint density at radius 2 is 2.21 bits per heavy atom. The molecule has 0 radical (unpaired) electrons. The molecule has 1 aromatic heterocycles. The smallest absolute Gasteiger partial charge is 0.354 e. The van der Waals surface area contributed by atoms with E-state index < -0.39 is 5.97 Å². The third-order valence-corrected chi connectivity index (χ3v) is 2.86. The molecular weight excluding hydrogens is 266 g/mol. The van der Waals surface area contributed by atoms with Crippen LogP contribution < -0.4 is 4.74 Å². The van der Waals surface area contributed by atoms with Gasteiger partial charge in [-0.15, -0.1) is 0 Å². The predicted octanol–water partition coefficient (Wildman–Crippen LogP) is 3.32. The Kier molecular flexibility index (Phi) is 4.02. The van der Waals surface area contributed by atoms with Crippen LogP contribution in [0.4, 0.5) is 0 Å². The van der Waals surface area contributed by atoms with Crippen molar-refractivity contribution >= 4 is 17.6 Å². The summed E-state index contributed by atoms with van der Waals surface area (Å²) in [7, 11) is 0. The Balaban J connectivity index is 2.19. The van der Waals surface area contributed by atoms with E-state index in [0.29, 0.717) is 16.3 Å². The number of aromatic nitrogens is 1. The fraction of sp³-hybridized carbons (Fsp3) is 0.143. The van der Waals surface area contributed by atoms with Crippen LogP contribution >= 0.6 is 11.6 Å². The fourth-order valence-corrected chi connectivity index (χ4v) is 1.79. The Bertz CT molecular complexity index is 613. The van der Waals surface area contributed by atoms with E-state index in [4.69, 9.17) is 21.4 Å². The molecule has 98 valence electrons. The second kappa shape index (κ2) is 5.71. The highest BCUT2D eigenvalue weighted by molar-refractivity contribution is 6.30. The number of carbonyl (C=O) groups is 1. The van der Waals surface area contributed by atoms with Crippen molar-refractivity contribution in [1.29, 1.82) is 0 Å². The molecule has 1 aromatic carbocycles. The van der Waals surface area contributed by atoms with Crippen molar-refractivity contribution in [2.24, 2.45) is 0 Å². The van der Waals surface area contributed by atoms with Crippen LogP contribution in [0.5, 0.6) is 5.75 Å². The first kappa shape index (κ1) is 13.4. The molecule has 0 spiro atoms. The quantitative estimate of drug-likeness (QED) is 0.931. The summed E-state index contributed by atoms with van der Waals surface area (Å²) in [6, 6.07) is 8.68. The first-order valence-corrected chi connectivity index (χ1v) is 6.02. The number of carboxylic acids is 1. The fourth-order valence-electron chi connectivity index (χ4n) is 1.63. The number of halogens is 1. The molecule has 5 heteroatoms. The number of pyridine rings is 1. The molecule has 1 N–H and O–H groups in total. The number of benzene rings is 1. The van der Waals surface area contributed by atoms with Crippen LogP contribution in [0.25, 0.3) is 0 Å². The average molecular weight is 278 g/mol. The molecule has 0 unspecified atom stereocenters. The maximum atomic E-state index is 11.0. The summed E-state index contributed by atoms with van der Waals surface area (Å²) < 4.78 is 5.61. The standard InChI is InChI=1S/C14H12ClNO3/c1-9-4-5-11(15)7-12(9)19-8-10-3-2-6-16-13(10)14(17)18/h2-7H,8H2,1H3,(H,17,18). The molecule has 0 atom stereocenters. The summed E-state index contributed by atoms with van der Waals surface area (Å²) >= 11 is 5.89. The van der Waals surface area contributed by atoms with Crippen LogP contribution in [0.2, 0.25) is 5.02 Å². The lowest BCUT2D eigenvalue weighted by molar-refractivity contribution is 0.0687. The van der Waals surface area contributed by atoms with E-state index in [1.807, 2.05) is 13.0 Å². The third-order valence-electron chi connectivity index (χ3n) is 2.63. The van der Waals surface area contributed by atoms with E-state index >= 15 is 0 Å². The zero-order valence-electron chi connectivity index (χ0n) is 10.3. The monoisotopic (exact) mass is 277 g/mol. The van der Waals surface area contributed by atoms with Gasteiger partial charge in [0.1, 0.15) is 12.4 Å². The highest BCUT2D eigenvalue weighted by Crippen LogP contribution is 2.23. The number of hydrogen-bond acceptors (Lipinski definition) is 3. The average Bonchev–Trinajstić information content (AvgIpc) is 2.40. The van der Waals surface area contributed by atoms with Crippen LogP contribution in [0.3, 0.4) is 0 Å². The molecule has 2 rings (SSSR count). The minimum Gasteiger partial charge on any atom is -0.488 e. The van der Waals surface area contributed by atoms with Crippen molar-refractivity contribution in [3.05, 3.63) is 58.4 Å². The molecule has 4 nitrogen and oxygen atoms in total. The molecule has 0 aliphatic carbocycles. The molecule has 0 aliphatic rings. The van der Waals surface area contributed by atoms with Gasteiger partial charge in [-0.1, -0.05) is 23.7 Å². The first-order chi connectivity index (χ1) is 9.08. The molecule has 0 bridgehead atoms. The highest BCUT2D eigenvalue weighted by Gasteiger charge is 2.11. The molecular formula is C14H12ClNO3. The second-order valence-corrected chi connectivity index (χ2v) is 4.45. The van der Waals surface area contributed by atoms with Gasteiger partial charge >= 0.3 is 5.97 Å².